The van der Waals surface area contributed by atoms with E-state index in [1.165, 1.54) is 11.3 Å². The number of hydrogen-bond acceptors (Lipinski definition) is 4. The SMILES string of the molecule is C[C@@H]1CC2(C[C@H](C)N1C(=O)C(F)(F)F)OC[C@@H](O)c1cc(Cl)sc12. The Hall–Kier alpha value is -0.830. The standard InChI is InChI=1S/C15H17ClF3NO3S/c1-7-4-14(5-8(2)20(7)13(22)15(17,18)19)12-9(3-11(16)24-12)10(21)6-23-14/h3,7-8,10,21H,4-6H2,1-2H3/t7-,8+,10-,14?/m1/s1. The number of amides is 1. The summed E-state index contributed by atoms with van der Waals surface area (Å²) in [6.07, 6.45) is -5.23. The number of carbonyl (C=O) groups excluding carboxylic acids is 1. The molecule has 3 heterocycles. The molecule has 24 heavy (non-hydrogen) atoms. The Balaban J connectivity index is 1.94. The molecule has 0 saturated carbocycles. The van der Waals surface area contributed by atoms with E-state index < -0.39 is 35.9 Å². The van der Waals surface area contributed by atoms with Crippen LogP contribution in [0.15, 0.2) is 6.07 Å². The van der Waals surface area contributed by atoms with Gasteiger partial charge in [0.25, 0.3) is 0 Å². The minimum atomic E-state index is -4.89. The topological polar surface area (TPSA) is 49.8 Å². The van der Waals surface area contributed by atoms with Gasteiger partial charge in [-0.2, -0.15) is 13.2 Å². The highest BCUT2D eigenvalue weighted by Gasteiger charge is 2.54. The van der Waals surface area contributed by atoms with Crippen LogP contribution < -0.4 is 0 Å². The van der Waals surface area contributed by atoms with Gasteiger partial charge in [-0.25, -0.2) is 0 Å². The number of halogens is 4. The average molecular weight is 384 g/mol. The van der Waals surface area contributed by atoms with Crippen molar-refractivity contribution in [2.45, 2.75) is 56.7 Å². The summed E-state index contributed by atoms with van der Waals surface area (Å²) in [6.45, 7) is 3.24. The van der Waals surface area contributed by atoms with Crippen LogP contribution in [0.5, 0.6) is 0 Å². The third-order valence-corrected chi connectivity index (χ3v) is 6.16. The smallest absolute Gasteiger partial charge is 0.386 e. The number of aliphatic hydroxyl groups is 1. The van der Waals surface area contributed by atoms with Crippen LogP contribution in [0.3, 0.4) is 0 Å². The molecule has 4 nitrogen and oxygen atoms in total. The van der Waals surface area contributed by atoms with Crippen LogP contribution in [0.4, 0.5) is 13.2 Å². The van der Waals surface area contributed by atoms with Gasteiger partial charge in [0.2, 0.25) is 0 Å². The van der Waals surface area contributed by atoms with Crippen LogP contribution in [-0.4, -0.2) is 40.8 Å². The summed E-state index contributed by atoms with van der Waals surface area (Å²) in [5, 5.41) is 10.1. The number of rotatable bonds is 0. The highest BCUT2D eigenvalue weighted by molar-refractivity contribution is 7.16. The van der Waals surface area contributed by atoms with Gasteiger partial charge in [-0.15, -0.1) is 11.3 Å². The van der Waals surface area contributed by atoms with Crippen LogP contribution in [0, 0.1) is 0 Å². The molecule has 1 N–H and O–H groups in total. The van der Waals surface area contributed by atoms with E-state index in [-0.39, 0.29) is 19.4 Å². The number of carbonyl (C=O) groups is 1. The molecule has 0 bridgehead atoms. The fourth-order valence-electron chi connectivity index (χ4n) is 3.89. The van der Waals surface area contributed by atoms with Gasteiger partial charge < -0.3 is 14.7 Å². The Morgan fingerprint density at radius 3 is 2.54 bits per heavy atom. The van der Waals surface area contributed by atoms with E-state index in [1.807, 2.05) is 0 Å². The molecular formula is C15H17ClF3NO3S. The van der Waals surface area contributed by atoms with Crippen LogP contribution in [-0.2, 0) is 15.1 Å². The molecule has 0 aliphatic carbocycles. The third kappa shape index (κ3) is 2.83. The summed E-state index contributed by atoms with van der Waals surface area (Å²) < 4.78 is 44.9. The predicted molar refractivity (Wildman–Crippen MR) is 83.0 cm³/mol. The zero-order chi connectivity index (χ0) is 17.9. The van der Waals surface area contributed by atoms with Crippen molar-refractivity contribution < 1.29 is 27.8 Å². The van der Waals surface area contributed by atoms with Crippen molar-refractivity contribution >= 4 is 28.8 Å². The molecule has 1 aromatic heterocycles. The minimum Gasteiger partial charge on any atom is -0.386 e. The summed E-state index contributed by atoms with van der Waals surface area (Å²) >= 11 is 7.34. The summed E-state index contributed by atoms with van der Waals surface area (Å²) in [5.74, 6) is -1.82. The maximum absolute atomic E-state index is 12.8. The first-order valence-corrected chi connectivity index (χ1v) is 8.76. The molecule has 1 aromatic rings. The zero-order valence-electron chi connectivity index (χ0n) is 13.1. The maximum Gasteiger partial charge on any atom is 0.471 e. The molecule has 0 aromatic carbocycles. The van der Waals surface area contributed by atoms with Gasteiger partial charge in [0.05, 0.1) is 10.9 Å². The number of nitrogens with zero attached hydrogens (tertiary/aromatic N) is 1. The number of alkyl halides is 3. The Bertz CT molecular complexity index is 651. The Kier molecular flexibility index (Phi) is 4.39. The second-order valence-electron chi connectivity index (χ2n) is 6.47. The number of thiophene rings is 1. The number of fused-ring (bicyclic) bond motifs is 2. The molecule has 1 amide bonds. The van der Waals surface area contributed by atoms with E-state index in [9.17, 15) is 23.1 Å². The average Bonchev–Trinajstić information content (AvgIpc) is 2.85. The first-order chi connectivity index (χ1) is 11.0. The lowest BCUT2D eigenvalue weighted by molar-refractivity contribution is -0.202. The fourth-order valence-corrected chi connectivity index (χ4v) is 5.34. The van der Waals surface area contributed by atoms with E-state index in [2.05, 4.69) is 0 Å². The van der Waals surface area contributed by atoms with Crippen LogP contribution in [0.2, 0.25) is 4.34 Å². The molecule has 2 aliphatic rings. The summed E-state index contributed by atoms with van der Waals surface area (Å²) in [7, 11) is 0. The molecule has 4 atom stereocenters. The fraction of sp³-hybridized carbons (Fsp3) is 0.667. The number of likely N-dealkylation sites (tertiary alicyclic amines) is 1. The van der Waals surface area contributed by atoms with E-state index in [1.54, 1.807) is 19.9 Å². The lowest BCUT2D eigenvalue weighted by Crippen LogP contribution is -2.59. The Morgan fingerprint density at radius 2 is 2.00 bits per heavy atom. The molecule has 3 rings (SSSR count). The van der Waals surface area contributed by atoms with Crippen LogP contribution >= 0.6 is 22.9 Å². The monoisotopic (exact) mass is 383 g/mol. The molecule has 1 spiro atoms. The van der Waals surface area contributed by atoms with Gasteiger partial charge in [-0.1, -0.05) is 11.6 Å². The van der Waals surface area contributed by atoms with E-state index >= 15 is 0 Å². The summed E-state index contributed by atoms with van der Waals surface area (Å²) in [6, 6.07) is 0.387. The molecule has 2 aliphatic heterocycles. The van der Waals surface area contributed by atoms with Crippen molar-refractivity contribution in [2.75, 3.05) is 6.61 Å². The van der Waals surface area contributed by atoms with Crippen LogP contribution in [0.1, 0.15) is 43.2 Å². The minimum absolute atomic E-state index is 0.0622. The van der Waals surface area contributed by atoms with Crippen molar-refractivity contribution in [1.82, 2.24) is 4.90 Å². The number of hydrogen-bond donors (Lipinski definition) is 1. The van der Waals surface area contributed by atoms with Gasteiger partial charge in [0.15, 0.2) is 0 Å². The number of piperidine rings is 1. The number of aliphatic hydroxyl groups excluding tert-OH is 1. The summed E-state index contributed by atoms with van der Waals surface area (Å²) in [5.41, 5.74) is -0.139. The summed E-state index contributed by atoms with van der Waals surface area (Å²) in [4.78, 5) is 13.4. The predicted octanol–water partition coefficient (Wildman–Crippen LogP) is 3.62. The highest BCUT2D eigenvalue weighted by atomic mass is 35.5. The second-order valence-corrected chi connectivity index (χ2v) is 8.16. The third-order valence-electron chi connectivity index (χ3n) is 4.70. The van der Waals surface area contributed by atoms with Gasteiger partial charge in [-0.05, 0) is 19.9 Å². The van der Waals surface area contributed by atoms with E-state index in [0.717, 1.165) is 9.78 Å². The van der Waals surface area contributed by atoms with Crippen molar-refractivity contribution in [2.24, 2.45) is 0 Å². The molecule has 134 valence electrons. The second kappa shape index (κ2) is 5.86. The van der Waals surface area contributed by atoms with E-state index in [4.69, 9.17) is 16.3 Å². The first-order valence-electron chi connectivity index (χ1n) is 7.56. The quantitative estimate of drug-likeness (QED) is 0.744. The lowest BCUT2D eigenvalue weighted by Gasteiger charge is -2.50. The van der Waals surface area contributed by atoms with Gasteiger partial charge in [0, 0.05) is 35.4 Å². The Labute approximate surface area is 146 Å². The van der Waals surface area contributed by atoms with Crippen molar-refractivity contribution in [3.05, 3.63) is 20.8 Å². The maximum atomic E-state index is 12.8. The van der Waals surface area contributed by atoms with Crippen molar-refractivity contribution in [1.29, 1.82) is 0 Å². The van der Waals surface area contributed by atoms with Gasteiger partial charge >= 0.3 is 12.1 Å². The molecule has 1 unspecified atom stereocenters. The molecule has 0 radical (unpaired) electrons. The molecular weight excluding hydrogens is 367 g/mol. The molecule has 9 heteroatoms. The largest absolute Gasteiger partial charge is 0.471 e. The van der Waals surface area contributed by atoms with Crippen molar-refractivity contribution in [3.63, 3.8) is 0 Å². The Morgan fingerprint density at radius 1 is 1.42 bits per heavy atom. The first kappa shape index (κ1) is 18.0. The number of ether oxygens (including phenoxy) is 1. The zero-order valence-corrected chi connectivity index (χ0v) is 14.6. The molecule has 1 fully saturated rings. The molecule has 1 saturated heterocycles. The highest BCUT2D eigenvalue weighted by Crippen LogP contribution is 2.51. The normalized spacial score (nSPS) is 33.6. The van der Waals surface area contributed by atoms with E-state index in [0.29, 0.717) is 9.90 Å². The van der Waals surface area contributed by atoms with Crippen molar-refractivity contribution in [3.8, 4) is 0 Å². The van der Waals surface area contributed by atoms with Gasteiger partial charge in [0.1, 0.15) is 11.7 Å². The lowest BCUT2D eigenvalue weighted by atomic mass is 9.78. The van der Waals surface area contributed by atoms with Crippen LogP contribution in [0.25, 0.3) is 0 Å². The van der Waals surface area contributed by atoms with Gasteiger partial charge in [-0.3, -0.25) is 4.79 Å².